The Hall–Kier alpha value is -3.04. The van der Waals surface area contributed by atoms with E-state index in [1.807, 2.05) is 13.8 Å². The predicted molar refractivity (Wildman–Crippen MR) is 146 cm³/mol. The maximum atomic E-state index is 15.0. The zero-order chi connectivity index (χ0) is 28.2. The fraction of sp³-hybridized carbons (Fsp3) is 0.533. The minimum Gasteiger partial charge on any atom is -0.493 e. The number of primary amides is 1. The number of likely N-dealkylation sites (tertiary alicyclic amines) is 2. The second-order valence-electron chi connectivity index (χ2n) is 10.8. The zero-order valence-electron chi connectivity index (χ0n) is 22.7. The van der Waals surface area contributed by atoms with Crippen molar-refractivity contribution in [2.45, 2.75) is 63.8 Å². The quantitative estimate of drug-likeness (QED) is 0.469. The van der Waals surface area contributed by atoms with E-state index in [-0.39, 0.29) is 13.0 Å². The molecule has 2 aromatic rings. The summed E-state index contributed by atoms with van der Waals surface area (Å²) < 4.78 is 35.6. The minimum atomic E-state index is -1.12. The molecule has 2 fully saturated rings. The van der Waals surface area contributed by atoms with E-state index in [4.69, 9.17) is 10.5 Å². The number of nitrogens with zero attached hydrogens (tertiary/aromatic N) is 2. The molecular formula is C30H39F2N3O4. The number of halogens is 2. The van der Waals surface area contributed by atoms with Crippen LogP contribution in [-0.4, -0.2) is 77.3 Å². The summed E-state index contributed by atoms with van der Waals surface area (Å²) in [5, 5.41) is 9.99. The van der Waals surface area contributed by atoms with Crippen LogP contribution in [0.3, 0.4) is 0 Å². The van der Waals surface area contributed by atoms with Crippen LogP contribution in [0.1, 0.15) is 56.3 Å². The molecule has 0 radical (unpaired) electrons. The molecule has 2 aromatic carbocycles. The number of alkyl halides is 1. The van der Waals surface area contributed by atoms with Crippen molar-refractivity contribution in [1.29, 1.82) is 0 Å². The van der Waals surface area contributed by atoms with Crippen molar-refractivity contribution in [3.8, 4) is 16.9 Å². The summed E-state index contributed by atoms with van der Waals surface area (Å²) >= 11 is 0. The molecule has 212 valence electrons. The Morgan fingerprint density at radius 1 is 1.05 bits per heavy atom. The van der Waals surface area contributed by atoms with Crippen LogP contribution >= 0.6 is 0 Å². The molecule has 2 heterocycles. The Balaban J connectivity index is 1.31. The van der Waals surface area contributed by atoms with E-state index < -0.39 is 35.4 Å². The van der Waals surface area contributed by atoms with E-state index in [0.717, 1.165) is 25.9 Å². The van der Waals surface area contributed by atoms with Gasteiger partial charge in [0.15, 0.2) is 0 Å². The monoisotopic (exact) mass is 543 g/mol. The lowest BCUT2D eigenvalue weighted by Crippen LogP contribution is -2.48. The maximum Gasteiger partial charge on any atom is 0.254 e. The second kappa shape index (κ2) is 12.4. The summed E-state index contributed by atoms with van der Waals surface area (Å²) in [4.78, 5) is 28.0. The van der Waals surface area contributed by atoms with Gasteiger partial charge in [0.1, 0.15) is 23.3 Å². The van der Waals surface area contributed by atoms with Crippen molar-refractivity contribution in [3.63, 3.8) is 0 Å². The zero-order valence-corrected chi connectivity index (χ0v) is 22.7. The first kappa shape index (κ1) is 29.0. The Labute approximate surface area is 228 Å². The number of amides is 2. The first-order valence-corrected chi connectivity index (χ1v) is 13.9. The third-order valence-corrected chi connectivity index (χ3v) is 8.27. The number of carbonyl (C=O) groups excluding carboxylic acids is 2. The standard InChI is InChI=1S/C30H39F2N3O4/c1-3-30(32,4-2)19-34-14-11-20(12-15-34)18-39-23-9-10-24(25(31)17-23)21-5-7-22(8-6-21)29(38)35-16-13-26(36)27(35)28(33)37/h5-10,17,20,26-27,36H,3-4,11-16,18-19H2,1-2H3,(H2,33,37)/t26-,27-/m0/s1. The molecule has 7 nitrogen and oxygen atoms in total. The van der Waals surface area contributed by atoms with Crippen LogP contribution in [-0.2, 0) is 4.79 Å². The number of hydrogen-bond donors (Lipinski definition) is 2. The van der Waals surface area contributed by atoms with E-state index in [1.165, 1.54) is 11.0 Å². The third kappa shape index (κ3) is 6.76. The molecule has 39 heavy (non-hydrogen) atoms. The molecule has 2 saturated heterocycles. The van der Waals surface area contributed by atoms with Crippen molar-refractivity contribution in [3.05, 3.63) is 53.8 Å². The van der Waals surface area contributed by atoms with Gasteiger partial charge in [-0.25, -0.2) is 8.78 Å². The highest BCUT2D eigenvalue weighted by Crippen LogP contribution is 2.29. The van der Waals surface area contributed by atoms with Crippen LogP contribution < -0.4 is 10.5 Å². The summed E-state index contributed by atoms with van der Waals surface area (Å²) in [5.74, 6) is -0.785. The predicted octanol–water partition coefficient (Wildman–Crippen LogP) is 4.17. The van der Waals surface area contributed by atoms with Gasteiger partial charge in [-0.2, -0.15) is 0 Å². The Morgan fingerprint density at radius 3 is 2.31 bits per heavy atom. The first-order chi connectivity index (χ1) is 18.6. The van der Waals surface area contributed by atoms with E-state index in [9.17, 15) is 23.5 Å². The minimum absolute atomic E-state index is 0.237. The number of hydrogen-bond acceptors (Lipinski definition) is 5. The topological polar surface area (TPSA) is 96.1 Å². The van der Waals surface area contributed by atoms with E-state index in [0.29, 0.717) is 54.4 Å². The van der Waals surface area contributed by atoms with Crippen LogP contribution in [0.2, 0.25) is 0 Å². The van der Waals surface area contributed by atoms with Gasteiger partial charge in [-0.15, -0.1) is 0 Å². The lowest BCUT2D eigenvalue weighted by molar-refractivity contribution is -0.123. The van der Waals surface area contributed by atoms with Gasteiger partial charge >= 0.3 is 0 Å². The van der Waals surface area contributed by atoms with Crippen molar-refractivity contribution in [2.75, 3.05) is 32.8 Å². The molecule has 0 unspecified atom stereocenters. The largest absolute Gasteiger partial charge is 0.493 e. The number of piperidine rings is 1. The number of ether oxygens (including phenoxy) is 1. The Kier molecular flexibility index (Phi) is 9.23. The lowest BCUT2D eigenvalue weighted by atomic mass is 9.94. The van der Waals surface area contributed by atoms with Crippen LogP contribution in [0.5, 0.6) is 5.75 Å². The van der Waals surface area contributed by atoms with Gasteiger partial charge in [-0.1, -0.05) is 26.0 Å². The van der Waals surface area contributed by atoms with Crippen LogP contribution in [0.25, 0.3) is 11.1 Å². The maximum absolute atomic E-state index is 15.0. The molecule has 4 rings (SSSR count). The van der Waals surface area contributed by atoms with Crippen molar-refractivity contribution >= 4 is 11.8 Å². The number of carbonyl (C=O) groups is 2. The summed E-state index contributed by atoms with van der Waals surface area (Å²) in [7, 11) is 0. The van der Waals surface area contributed by atoms with Gasteiger partial charge in [0.05, 0.1) is 12.7 Å². The van der Waals surface area contributed by atoms with Crippen molar-refractivity contribution < 1.29 is 28.2 Å². The molecule has 0 saturated carbocycles. The second-order valence-corrected chi connectivity index (χ2v) is 10.8. The SMILES string of the molecule is CCC(F)(CC)CN1CCC(COc2ccc(-c3ccc(C(=O)N4CC[C@H](O)[C@H]4C(N)=O)cc3)c(F)c2)CC1. The van der Waals surface area contributed by atoms with Gasteiger partial charge in [-0.05, 0) is 80.9 Å². The summed E-state index contributed by atoms with van der Waals surface area (Å²) in [6.45, 7) is 6.68. The Morgan fingerprint density at radius 2 is 1.72 bits per heavy atom. The molecule has 2 aliphatic rings. The van der Waals surface area contributed by atoms with Gasteiger partial charge < -0.3 is 25.4 Å². The number of rotatable bonds is 10. The molecule has 2 atom stereocenters. The molecule has 2 amide bonds. The van der Waals surface area contributed by atoms with Crippen LogP contribution in [0.4, 0.5) is 8.78 Å². The smallest absolute Gasteiger partial charge is 0.254 e. The molecule has 2 aliphatic heterocycles. The Bertz CT molecular complexity index is 1150. The lowest BCUT2D eigenvalue weighted by Gasteiger charge is -2.36. The highest BCUT2D eigenvalue weighted by atomic mass is 19.1. The van der Waals surface area contributed by atoms with Crippen molar-refractivity contribution in [2.24, 2.45) is 11.7 Å². The summed E-state index contributed by atoms with van der Waals surface area (Å²) in [5.41, 5.74) is 5.54. The van der Waals surface area contributed by atoms with E-state index >= 15 is 0 Å². The summed E-state index contributed by atoms with van der Waals surface area (Å²) in [6.07, 6.45) is 2.21. The first-order valence-electron chi connectivity index (χ1n) is 13.9. The molecule has 0 aromatic heterocycles. The van der Waals surface area contributed by atoms with Gasteiger partial charge in [0.25, 0.3) is 5.91 Å². The van der Waals surface area contributed by atoms with Crippen LogP contribution in [0.15, 0.2) is 42.5 Å². The van der Waals surface area contributed by atoms with Crippen molar-refractivity contribution in [1.82, 2.24) is 9.80 Å². The number of benzene rings is 2. The van der Waals surface area contributed by atoms with Crippen LogP contribution in [0, 0.1) is 11.7 Å². The fourth-order valence-corrected chi connectivity index (χ4v) is 5.52. The molecule has 0 spiro atoms. The van der Waals surface area contributed by atoms with E-state index in [1.54, 1.807) is 36.4 Å². The molecule has 0 bridgehead atoms. The highest BCUT2D eigenvalue weighted by molar-refractivity contribution is 5.98. The molecule has 9 heteroatoms. The summed E-state index contributed by atoms with van der Waals surface area (Å²) in [6, 6.07) is 10.1. The van der Waals surface area contributed by atoms with Gasteiger partial charge in [-0.3, -0.25) is 9.59 Å². The van der Waals surface area contributed by atoms with E-state index in [2.05, 4.69) is 4.90 Å². The number of aliphatic hydroxyl groups excluding tert-OH is 1. The van der Waals surface area contributed by atoms with Gasteiger partial charge in [0.2, 0.25) is 5.91 Å². The van der Waals surface area contributed by atoms with Gasteiger partial charge in [0, 0.05) is 30.3 Å². The fourth-order valence-electron chi connectivity index (χ4n) is 5.52. The average Bonchev–Trinajstić information content (AvgIpc) is 3.34. The average molecular weight is 544 g/mol. The normalized spacial score (nSPS) is 20.8. The highest BCUT2D eigenvalue weighted by Gasteiger charge is 2.40. The number of nitrogens with two attached hydrogens (primary N) is 1. The molecule has 0 aliphatic carbocycles. The molecule has 3 N–H and O–H groups in total. The third-order valence-electron chi connectivity index (χ3n) is 8.27. The number of aliphatic hydroxyl groups is 1. The molecular weight excluding hydrogens is 504 g/mol.